The molecule has 0 spiro atoms. The summed E-state index contributed by atoms with van der Waals surface area (Å²) in [7, 11) is 1.99. The molecular weight excluding hydrogens is 384 g/mol. The van der Waals surface area contributed by atoms with E-state index < -0.39 is 6.04 Å². The van der Waals surface area contributed by atoms with Crippen LogP contribution in [0, 0.1) is 0 Å². The lowest BCUT2D eigenvalue weighted by molar-refractivity contribution is -0.136. The third-order valence-corrected chi connectivity index (χ3v) is 6.33. The van der Waals surface area contributed by atoms with Gasteiger partial charge in [0, 0.05) is 57.6 Å². The number of aromatic nitrogens is 2. The number of carbonyl (C=O) groups is 3. The molecule has 1 aromatic carbocycles. The van der Waals surface area contributed by atoms with E-state index in [1.807, 2.05) is 36.0 Å². The maximum absolute atomic E-state index is 13.0. The van der Waals surface area contributed by atoms with E-state index in [-0.39, 0.29) is 29.7 Å². The van der Waals surface area contributed by atoms with Gasteiger partial charge in [0.05, 0.1) is 0 Å². The Bertz CT molecular complexity index is 1040. The molecule has 0 bridgehead atoms. The Morgan fingerprint density at radius 1 is 1.27 bits per heavy atom. The second-order valence-electron chi connectivity index (χ2n) is 8.29. The molecule has 156 valence electrons. The first-order valence-corrected chi connectivity index (χ1v) is 10.2. The number of fused-ring (bicyclic) bond motifs is 1. The van der Waals surface area contributed by atoms with Crippen LogP contribution in [-0.4, -0.2) is 51.3 Å². The quantitative estimate of drug-likeness (QED) is 0.590. The highest BCUT2D eigenvalue weighted by Gasteiger charge is 2.42. The van der Waals surface area contributed by atoms with Crippen molar-refractivity contribution in [3.8, 4) is 0 Å². The summed E-state index contributed by atoms with van der Waals surface area (Å²) < 4.78 is 2.03. The van der Waals surface area contributed by atoms with Crippen LogP contribution < -0.4 is 16.0 Å². The molecule has 3 amide bonds. The number of imidazole rings is 1. The topological polar surface area (TPSA) is 108 Å². The van der Waals surface area contributed by atoms with Gasteiger partial charge in [-0.05, 0) is 23.6 Å². The van der Waals surface area contributed by atoms with Gasteiger partial charge >= 0.3 is 0 Å². The fourth-order valence-corrected chi connectivity index (χ4v) is 4.55. The standard InChI is InChI=1S/C21H24N6O3/c1-26-7-6-23-20(26)21(11-22-12-21)24-9-13-2-3-14-10-27(19(30)15(14)8-13)16-4-5-17(28)25-18(16)29/h2-3,6-8,16,22,24H,4-5,9-12H2,1H3,(H,25,28,29). The lowest BCUT2D eigenvalue weighted by atomic mass is 9.90. The van der Waals surface area contributed by atoms with Crippen molar-refractivity contribution in [1.82, 2.24) is 30.4 Å². The molecule has 9 heteroatoms. The second-order valence-corrected chi connectivity index (χ2v) is 8.29. The lowest BCUT2D eigenvalue weighted by Crippen LogP contribution is -2.65. The number of piperidine rings is 1. The molecule has 3 aliphatic rings. The average Bonchev–Trinajstić information content (AvgIpc) is 3.25. The Morgan fingerprint density at radius 3 is 2.77 bits per heavy atom. The third kappa shape index (κ3) is 3.01. The van der Waals surface area contributed by atoms with Gasteiger partial charge in [-0.3, -0.25) is 25.0 Å². The van der Waals surface area contributed by atoms with Gasteiger partial charge in [-0.15, -0.1) is 0 Å². The summed E-state index contributed by atoms with van der Waals surface area (Å²) >= 11 is 0. The SMILES string of the molecule is Cn1ccnc1C1(NCc2ccc3c(c2)C(=O)N(C2CCC(=O)NC2=O)C3)CNC1. The second kappa shape index (κ2) is 7.03. The molecule has 1 atom stereocenters. The predicted molar refractivity (Wildman–Crippen MR) is 107 cm³/mol. The molecule has 3 N–H and O–H groups in total. The zero-order valence-electron chi connectivity index (χ0n) is 16.8. The third-order valence-electron chi connectivity index (χ3n) is 6.33. The van der Waals surface area contributed by atoms with E-state index in [0.717, 1.165) is 30.0 Å². The van der Waals surface area contributed by atoms with E-state index in [0.29, 0.717) is 25.1 Å². The average molecular weight is 408 g/mol. The first-order chi connectivity index (χ1) is 14.5. The van der Waals surface area contributed by atoms with Crippen molar-refractivity contribution >= 4 is 17.7 Å². The van der Waals surface area contributed by atoms with Crippen molar-refractivity contribution in [2.24, 2.45) is 7.05 Å². The Hall–Kier alpha value is -3.04. The molecule has 1 aromatic heterocycles. The van der Waals surface area contributed by atoms with Crippen molar-refractivity contribution < 1.29 is 14.4 Å². The number of hydrogen-bond acceptors (Lipinski definition) is 6. The highest BCUT2D eigenvalue weighted by atomic mass is 16.2. The van der Waals surface area contributed by atoms with Gasteiger partial charge in [0.15, 0.2) is 0 Å². The van der Waals surface area contributed by atoms with Crippen LogP contribution in [0.15, 0.2) is 30.6 Å². The van der Waals surface area contributed by atoms with Gasteiger partial charge in [0.25, 0.3) is 5.91 Å². The Kier molecular flexibility index (Phi) is 4.44. The molecule has 5 rings (SSSR count). The van der Waals surface area contributed by atoms with E-state index in [1.54, 1.807) is 11.1 Å². The summed E-state index contributed by atoms with van der Waals surface area (Å²) in [4.78, 5) is 42.7. The predicted octanol–water partition coefficient (Wildman–Crippen LogP) is -0.231. The molecule has 1 unspecified atom stereocenters. The minimum absolute atomic E-state index is 0.148. The molecule has 2 fully saturated rings. The maximum atomic E-state index is 13.0. The minimum atomic E-state index is -0.586. The number of nitrogens with zero attached hydrogens (tertiary/aromatic N) is 3. The van der Waals surface area contributed by atoms with Crippen molar-refractivity contribution in [2.75, 3.05) is 13.1 Å². The summed E-state index contributed by atoms with van der Waals surface area (Å²) in [6.07, 6.45) is 4.37. The van der Waals surface area contributed by atoms with Crippen LogP contribution >= 0.6 is 0 Å². The van der Waals surface area contributed by atoms with E-state index >= 15 is 0 Å². The number of aryl methyl sites for hydroxylation is 1. The van der Waals surface area contributed by atoms with Crippen LogP contribution in [0.25, 0.3) is 0 Å². The summed E-state index contributed by atoms with van der Waals surface area (Å²) in [6, 6.07) is 5.31. The van der Waals surface area contributed by atoms with E-state index in [9.17, 15) is 14.4 Å². The van der Waals surface area contributed by atoms with Crippen LogP contribution in [0.1, 0.15) is 40.2 Å². The highest BCUT2D eigenvalue weighted by Crippen LogP contribution is 2.29. The van der Waals surface area contributed by atoms with E-state index in [2.05, 4.69) is 20.9 Å². The Balaban J connectivity index is 1.31. The zero-order chi connectivity index (χ0) is 20.9. The lowest BCUT2D eigenvalue weighted by Gasteiger charge is -2.42. The van der Waals surface area contributed by atoms with Crippen LogP contribution in [0.3, 0.4) is 0 Å². The number of benzene rings is 1. The number of rotatable bonds is 5. The van der Waals surface area contributed by atoms with Gasteiger partial charge in [-0.1, -0.05) is 12.1 Å². The molecule has 30 heavy (non-hydrogen) atoms. The van der Waals surface area contributed by atoms with Crippen LogP contribution in [-0.2, 0) is 35.3 Å². The molecule has 0 saturated carbocycles. The summed E-state index contributed by atoms with van der Waals surface area (Å²) in [5.74, 6) is 0.178. The zero-order valence-corrected chi connectivity index (χ0v) is 16.8. The number of imide groups is 1. The smallest absolute Gasteiger partial charge is 0.255 e. The Morgan fingerprint density at radius 2 is 2.10 bits per heavy atom. The number of nitrogens with one attached hydrogen (secondary N) is 3. The molecule has 9 nitrogen and oxygen atoms in total. The van der Waals surface area contributed by atoms with Gasteiger partial charge in [-0.2, -0.15) is 0 Å². The highest BCUT2D eigenvalue weighted by molar-refractivity contribution is 6.05. The van der Waals surface area contributed by atoms with Crippen molar-refractivity contribution in [3.63, 3.8) is 0 Å². The van der Waals surface area contributed by atoms with Crippen molar-refractivity contribution in [2.45, 2.75) is 37.5 Å². The largest absolute Gasteiger partial charge is 0.336 e. The van der Waals surface area contributed by atoms with Crippen LogP contribution in [0.5, 0.6) is 0 Å². The molecule has 0 aliphatic carbocycles. The van der Waals surface area contributed by atoms with Crippen LogP contribution in [0.2, 0.25) is 0 Å². The summed E-state index contributed by atoms with van der Waals surface area (Å²) in [6.45, 7) is 2.60. The van der Waals surface area contributed by atoms with Crippen molar-refractivity contribution in [3.05, 3.63) is 53.1 Å². The number of amides is 3. The normalized spacial score (nSPS) is 22.6. The number of hydrogen-bond donors (Lipinski definition) is 3. The van der Waals surface area contributed by atoms with Gasteiger partial charge in [-0.25, -0.2) is 4.98 Å². The molecule has 4 heterocycles. The van der Waals surface area contributed by atoms with E-state index in [4.69, 9.17) is 0 Å². The first-order valence-electron chi connectivity index (χ1n) is 10.2. The molecule has 2 aromatic rings. The fraction of sp³-hybridized carbons (Fsp3) is 0.429. The van der Waals surface area contributed by atoms with E-state index in [1.165, 1.54) is 0 Å². The summed E-state index contributed by atoms with van der Waals surface area (Å²) in [5.41, 5.74) is 2.34. The molecular formula is C21H24N6O3. The number of carbonyl (C=O) groups excluding carboxylic acids is 3. The fourth-order valence-electron chi connectivity index (χ4n) is 4.55. The molecule has 2 saturated heterocycles. The van der Waals surface area contributed by atoms with Crippen LogP contribution in [0.4, 0.5) is 0 Å². The Labute approximate surface area is 173 Å². The summed E-state index contributed by atoms with van der Waals surface area (Å²) in [5, 5.41) is 9.26. The first kappa shape index (κ1) is 19.0. The van der Waals surface area contributed by atoms with Gasteiger partial charge in [0.1, 0.15) is 17.4 Å². The minimum Gasteiger partial charge on any atom is -0.336 e. The molecule has 0 radical (unpaired) electrons. The molecule has 3 aliphatic heterocycles. The van der Waals surface area contributed by atoms with Gasteiger partial charge < -0.3 is 14.8 Å². The van der Waals surface area contributed by atoms with Crippen molar-refractivity contribution in [1.29, 1.82) is 0 Å². The maximum Gasteiger partial charge on any atom is 0.255 e. The van der Waals surface area contributed by atoms with Gasteiger partial charge in [0.2, 0.25) is 11.8 Å². The monoisotopic (exact) mass is 408 g/mol.